The number of amides is 2. The van der Waals surface area contributed by atoms with Crippen molar-refractivity contribution in [3.05, 3.63) is 65.5 Å². The SMILES string of the molecule is O=C(CNC(=O)c1cccc(C(F)(F)F)c1)NC1CCN(C2CC3CC2CC3(O)c2ccncc2)C1. The number of hydrogen-bond acceptors (Lipinski definition) is 5. The molecule has 2 heterocycles. The molecule has 0 radical (unpaired) electrons. The van der Waals surface area contributed by atoms with Crippen molar-refractivity contribution in [3.63, 3.8) is 0 Å². The topological polar surface area (TPSA) is 94.6 Å². The molecule has 10 heteroatoms. The fraction of sp³-hybridized carbons (Fsp3) is 0.500. The second-order valence-electron chi connectivity index (χ2n) is 10.2. The molecule has 0 spiro atoms. The van der Waals surface area contributed by atoms with E-state index in [-0.39, 0.29) is 30.0 Å². The van der Waals surface area contributed by atoms with Crippen LogP contribution in [0.2, 0.25) is 0 Å². The Balaban J connectivity index is 1.09. The van der Waals surface area contributed by atoms with Gasteiger partial charge in [-0.15, -0.1) is 0 Å². The Kier molecular flexibility index (Phi) is 6.50. The first-order valence-corrected chi connectivity index (χ1v) is 12.3. The summed E-state index contributed by atoms with van der Waals surface area (Å²) >= 11 is 0. The van der Waals surface area contributed by atoms with E-state index in [2.05, 4.69) is 20.5 Å². The summed E-state index contributed by atoms with van der Waals surface area (Å²) in [5.41, 5.74) is -0.921. The molecule has 1 aromatic heterocycles. The lowest BCUT2D eigenvalue weighted by atomic mass is 9.77. The standard InChI is InChI=1S/C26H29F3N4O3/c27-26(28,29)19-3-1-2-16(10-19)24(35)31-14-23(34)32-21-6-9-33(15-21)22-12-20-11-17(22)13-25(20,36)18-4-7-30-8-5-18/h1-5,7-8,10,17,20-22,36H,6,9,11-15H2,(H,31,35)(H,32,34). The van der Waals surface area contributed by atoms with Crippen LogP contribution in [0.3, 0.4) is 0 Å². The Morgan fingerprint density at radius 3 is 2.64 bits per heavy atom. The molecule has 1 saturated heterocycles. The summed E-state index contributed by atoms with van der Waals surface area (Å²) in [6.45, 7) is 1.25. The number of aliphatic hydroxyl groups is 1. The highest BCUT2D eigenvalue weighted by molar-refractivity contribution is 5.96. The van der Waals surface area contributed by atoms with Crippen molar-refractivity contribution >= 4 is 11.8 Å². The van der Waals surface area contributed by atoms with Crippen molar-refractivity contribution in [1.29, 1.82) is 0 Å². The van der Waals surface area contributed by atoms with Crippen LogP contribution in [0.4, 0.5) is 13.2 Å². The molecule has 3 N–H and O–H groups in total. The number of alkyl halides is 3. The van der Waals surface area contributed by atoms with Crippen LogP contribution in [0.15, 0.2) is 48.8 Å². The summed E-state index contributed by atoms with van der Waals surface area (Å²) in [7, 11) is 0. The van der Waals surface area contributed by atoms with Crippen molar-refractivity contribution in [3.8, 4) is 0 Å². The van der Waals surface area contributed by atoms with Crippen molar-refractivity contribution in [2.75, 3.05) is 19.6 Å². The molecule has 2 bridgehead atoms. The molecule has 1 aliphatic heterocycles. The van der Waals surface area contributed by atoms with Gasteiger partial charge < -0.3 is 15.7 Å². The molecule has 2 aromatic rings. The Morgan fingerprint density at radius 1 is 1.17 bits per heavy atom. The van der Waals surface area contributed by atoms with Crippen LogP contribution in [0.1, 0.15) is 47.2 Å². The number of likely N-dealkylation sites (tertiary alicyclic amines) is 1. The van der Waals surface area contributed by atoms with Gasteiger partial charge in [0.15, 0.2) is 0 Å². The molecule has 5 rings (SSSR count). The van der Waals surface area contributed by atoms with Gasteiger partial charge in [0.1, 0.15) is 0 Å². The Hall–Kier alpha value is -2.98. The summed E-state index contributed by atoms with van der Waals surface area (Å²) in [6.07, 6.45) is 2.30. The van der Waals surface area contributed by atoms with Gasteiger partial charge in [0.25, 0.3) is 5.91 Å². The first kappa shape index (κ1) is 24.7. The predicted molar refractivity (Wildman–Crippen MR) is 125 cm³/mol. The fourth-order valence-electron chi connectivity index (χ4n) is 6.30. The Labute approximate surface area is 207 Å². The minimum atomic E-state index is -4.54. The minimum absolute atomic E-state index is 0.0545. The molecule has 2 amide bonds. The molecule has 2 saturated carbocycles. The monoisotopic (exact) mass is 502 g/mol. The maximum atomic E-state index is 12.9. The Morgan fingerprint density at radius 2 is 1.94 bits per heavy atom. The molecule has 2 aliphatic carbocycles. The smallest absolute Gasteiger partial charge is 0.385 e. The second-order valence-corrected chi connectivity index (χ2v) is 10.2. The minimum Gasteiger partial charge on any atom is -0.385 e. The number of pyridine rings is 1. The van der Waals surface area contributed by atoms with E-state index in [0.29, 0.717) is 18.5 Å². The summed E-state index contributed by atoms with van der Waals surface area (Å²) in [6, 6.07) is 8.21. The maximum absolute atomic E-state index is 12.9. The summed E-state index contributed by atoms with van der Waals surface area (Å²) in [5, 5.41) is 16.7. The third kappa shape index (κ3) is 4.84. The number of benzene rings is 1. The zero-order valence-corrected chi connectivity index (χ0v) is 19.7. The zero-order valence-electron chi connectivity index (χ0n) is 19.7. The van der Waals surface area contributed by atoms with Crippen LogP contribution in [0.25, 0.3) is 0 Å². The highest BCUT2D eigenvalue weighted by Crippen LogP contribution is 2.57. The molecule has 192 valence electrons. The number of rotatable bonds is 6. The molecule has 36 heavy (non-hydrogen) atoms. The Bertz CT molecular complexity index is 1130. The number of hydrogen-bond donors (Lipinski definition) is 3. The molecule has 3 aliphatic rings. The molecule has 3 fully saturated rings. The largest absolute Gasteiger partial charge is 0.416 e. The first-order chi connectivity index (χ1) is 17.1. The van der Waals surface area contributed by atoms with Crippen LogP contribution in [-0.2, 0) is 16.6 Å². The van der Waals surface area contributed by atoms with E-state index < -0.39 is 23.2 Å². The van der Waals surface area contributed by atoms with Gasteiger partial charge in [-0.05, 0) is 73.4 Å². The van der Waals surface area contributed by atoms with E-state index in [1.54, 1.807) is 12.4 Å². The predicted octanol–water partition coefficient (Wildman–Crippen LogP) is 2.71. The van der Waals surface area contributed by atoms with Crippen molar-refractivity contribution in [1.82, 2.24) is 20.5 Å². The molecule has 5 atom stereocenters. The van der Waals surface area contributed by atoms with E-state index in [1.165, 1.54) is 12.1 Å². The molecule has 1 aromatic carbocycles. The van der Waals surface area contributed by atoms with Gasteiger partial charge in [-0.3, -0.25) is 19.5 Å². The van der Waals surface area contributed by atoms with Crippen LogP contribution < -0.4 is 10.6 Å². The van der Waals surface area contributed by atoms with Gasteiger partial charge in [0.2, 0.25) is 5.91 Å². The summed E-state index contributed by atoms with van der Waals surface area (Å²) in [5.74, 6) is -0.501. The third-order valence-electron chi connectivity index (χ3n) is 8.00. The molecular formula is C26H29F3N4O3. The lowest BCUT2D eigenvalue weighted by Gasteiger charge is -2.39. The number of carbonyl (C=O) groups is 2. The highest BCUT2D eigenvalue weighted by Gasteiger charge is 2.56. The van der Waals surface area contributed by atoms with E-state index in [4.69, 9.17) is 0 Å². The number of halogens is 3. The van der Waals surface area contributed by atoms with Crippen LogP contribution in [0, 0.1) is 11.8 Å². The lowest BCUT2D eigenvalue weighted by Crippen LogP contribution is -2.46. The van der Waals surface area contributed by atoms with Crippen LogP contribution in [0.5, 0.6) is 0 Å². The summed E-state index contributed by atoms with van der Waals surface area (Å²) in [4.78, 5) is 31.1. The molecular weight excluding hydrogens is 473 g/mol. The van der Waals surface area contributed by atoms with Gasteiger partial charge in [0.05, 0.1) is 17.7 Å². The quantitative estimate of drug-likeness (QED) is 0.565. The number of carbonyl (C=O) groups excluding carboxylic acids is 2. The fourth-order valence-corrected chi connectivity index (χ4v) is 6.30. The third-order valence-corrected chi connectivity index (χ3v) is 8.00. The first-order valence-electron chi connectivity index (χ1n) is 12.3. The highest BCUT2D eigenvalue weighted by atomic mass is 19.4. The zero-order chi connectivity index (χ0) is 25.5. The van der Waals surface area contributed by atoms with Gasteiger partial charge in [0, 0.05) is 43.1 Å². The van der Waals surface area contributed by atoms with Crippen LogP contribution in [-0.4, -0.2) is 58.5 Å². The van der Waals surface area contributed by atoms with Crippen molar-refractivity contribution < 1.29 is 27.9 Å². The lowest BCUT2D eigenvalue weighted by molar-refractivity contribution is -0.137. The van der Waals surface area contributed by atoms with Gasteiger partial charge in [-0.2, -0.15) is 13.2 Å². The van der Waals surface area contributed by atoms with E-state index in [0.717, 1.165) is 49.9 Å². The van der Waals surface area contributed by atoms with E-state index in [9.17, 15) is 27.9 Å². The second kappa shape index (κ2) is 9.48. The van der Waals surface area contributed by atoms with Crippen molar-refractivity contribution in [2.24, 2.45) is 11.8 Å². The van der Waals surface area contributed by atoms with E-state index in [1.807, 2.05) is 12.1 Å². The van der Waals surface area contributed by atoms with Crippen LogP contribution >= 0.6 is 0 Å². The number of nitrogens with zero attached hydrogens (tertiary/aromatic N) is 2. The maximum Gasteiger partial charge on any atom is 0.416 e. The van der Waals surface area contributed by atoms with Gasteiger partial charge in [-0.1, -0.05) is 6.07 Å². The molecule has 5 unspecified atom stereocenters. The average molecular weight is 503 g/mol. The summed E-state index contributed by atoms with van der Waals surface area (Å²) < 4.78 is 38.6. The number of fused-ring (bicyclic) bond motifs is 2. The van der Waals surface area contributed by atoms with Crippen molar-refractivity contribution in [2.45, 2.75) is 49.5 Å². The number of aromatic nitrogens is 1. The average Bonchev–Trinajstić information content (AvgIpc) is 3.57. The van der Waals surface area contributed by atoms with E-state index >= 15 is 0 Å². The van der Waals surface area contributed by atoms with Gasteiger partial charge >= 0.3 is 6.18 Å². The molecule has 7 nitrogen and oxygen atoms in total. The normalized spacial score (nSPS) is 29.9. The van der Waals surface area contributed by atoms with Gasteiger partial charge in [-0.25, -0.2) is 0 Å². The number of nitrogens with one attached hydrogen (secondary N) is 2.